The van der Waals surface area contributed by atoms with E-state index in [4.69, 9.17) is 10.2 Å². The number of carbonyl (C=O) groups is 2. The number of hydrogen-bond donors (Lipinski definition) is 2. The molecular weight excluding hydrogens is 651 g/mol. The molecule has 208 valence electrons. The minimum atomic E-state index is -0.879. The van der Waals surface area contributed by atoms with Crippen LogP contribution in [0, 0.1) is 23.0 Å². The van der Waals surface area contributed by atoms with E-state index in [1.165, 1.54) is 33.4 Å². The van der Waals surface area contributed by atoms with Crippen molar-refractivity contribution < 1.29 is 45.6 Å². The van der Waals surface area contributed by atoms with Gasteiger partial charge in [0.05, 0.1) is 11.1 Å². The SMILES string of the molecule is CC1=[C-]C(C)(C)C(C)=C1C.CC1=[C-]C(C)(C)C(C)=C1C.O=C(O)c1ccccc1.O=C(O)c1ccccc1.[Hf]. The summed E-state index contributed by atoms with van der Waals surface area (Å²) in [5, 5.41) is 16.8. The van der Waals surface area contributed by atoms with Crippen LogP contribution >= 0.6 is 0 Å². The van der Waals surface area contributed by atoms with Crippen LogP contribution in [0.1, 0.15) is 90.0 Å². The average molecular weight is 693 g/mol. The summed E-state index contributed by atoms with van der Waals surface area (Å²) < 4.78 is 0. The zero-order valence-electron chi connectivity index (χ0n) is 25.0. The summed E-state index contributed by atoms with van der Waals surface area (Å²) in [6.45, 7) is 21.8. The van der Waals surface area contributed by atoms with Crippen molar-refractivity contribution in [2.45, 2.75) is 69.2 Å². The second-order valence-corrected chi connectivity index (χ2v) is 10.6. The monoisotopic (exact) mass is 694 g/mol. The third kappa shape index (κ3) is 11.1. The van der Waals surface area contributed by atoms with E-state index in [-0.39, 0.29) is 36.7 Å². The minimum Gasteiger partial charge on any atom is -0.478 e. The molecule has 2 aliphatic rings. The van der Waals surface area contributed by atoms with Crippen molar-refractivity contribution in [3.63, 3.8) is 0 Å². The van der Waals surface area contributed by atoms with Crippen LogP contribution in [0.15, 0.2) is 94.1 Å². The molecule has 2 aliphatic carbocycles. The molecular formula is C34H42HfO4-2. The Morgan fingerprint density at radius 3 is 0.923 bits per heavy atom. The number of rotatable bonds is 2. The molecule has 5 heteroatoms. The van der Waals surface area contributed by atoms with Crippen molar-refractivity contribution in [1.29, 1.82) is 0 Å². The Kier molecular flexibility index (Phi) is 14.6. The maximum absolute atomic E-state index is 10.2. The van der Waals surface area contributed by atoms with Crippen LogP contribution in [0.4, 0.5) is 0 Å². The molecule has 0 fully saturated rings. The van der Waals surface area contributed by atoms with Crippen molar-refractivity contribution in [2.75, 3.05) is 0 Å². The Labute approximate surface area is 254 Å². The van der Waals surface area contributed by atoms with Crippen molar-refractivity contribution in [2.24, 2.45) is 10.8 Å². The summed E-state index contributed by atoms with van der Waals surface area (Å²) >= 11 is 0. The van der Waals surface area contributed by atoms with Gasteiger partial charge in [0.1, 0.15) is 0 Å². The maximum atomic E-state index is 10.2. The normalized spacial score (nSPS) is 16.2. The molecule has 0 aromatic heterocycles. The van der Waals surface area contributed by atoms with Crippen molar-refractivity contribution in [3.8, 4) is 0 Å². The quantitative estimate of drug-likeness (QED) is 0.243. The summed E-state index contributed by atoms with van der Waals surface area (Å²) in [5.74, 6) is -1.76. The van der Waals surface area contributed by atoms with E-state index < -0.39 is 11.9 Å². The largest absolute Gasteiger partial charge is 0.478 e. The molecule has 2 N–H and O–H groups in total. The van der Waals surface area contributed by atoms with Crippen LogP contribution in [0.2, 0.25) is 0 Å². The van der Waals surface area contributed by atoms with Gasteiger partial charge in [-0.1, -0.05) is 103 Å². The van der Waals surface area contributed by atoms with Crippen LogP contribution in [0.5, 0.6) is 0 Å². The average Bonchev–Trinajstić information content (AvgIpc) is 3.16. The maximum Gasteiger partial charge on any atom is 0.335 e. The Hall–Kier alpha value is -2.79. The number of carboxylic acids is 2. The van der Waals surface area contributed by atoms with Crippen LogP contribution in [-0.2, 0) is 25.8 Å². The fourth-order valence-electron chi connectivity index (χ4n) is 3.97. The van der Waals surface area contributed by atoms with Gasteiger partial charge in [-0.15, -0.1) is 13.8 Å². The van der Waals surface area contributed by atoms with Gasteiger partial charge in [-0.2, -0.15) is 22.3 Å². The van der Waals surface area contributed by atoms with Crippen molar-refractivity contribution in [3.05, 3.63) is 117 Å². The summed E-state index contributed by atoms with van der Waals surface area (Å²) in [7, 11) is 0. The van der Waals surface area contributed by atoms with Crippen molar-refractivity contribution >= 4 is 11.9 Å². The van der Waals surface area contributed by atoms with E-state index in [9.17, 15) is 9.59 Å². The number of aromatic carboxylic acids is 2. The van der Waals surface area contributed by atoms with Gasteiger partial charge >= 0.3 is 11.9 Å². The molecule has 0 spiro atoms. The third-order valence-corrected chi connectivity index (χ3v) is 7.17. The zero-order chi connectivity index (χ0) is 29.3. The van der Waals surface area contributed by atoms with E-state index >= 15 is 0 Å². The smallest absolute Gasteiger partial charge is 0.335 e. The first-order chi connectivity index (χ1) is 17.5. The van der Waals surface area contributed by atoms with Crippen LogP contribution in [0.3, 0.4) is 0 Å². The van der Waals surface area contributed by atoms with E-state index in [1.807, 2.05) is 0 Å². The second-order valence-electron chi connectivity index (χ2n) is 10.6. The standard InChI is InChI=1S/2C10H15.2C7H6O2.Hf/c2*1-7-6-10(4,5)9(3)8(7)2;2*8-7(9)6-4-2-1-3-5-6;/h2*1-5H3;2*1-5H,(H,8,9);/q2*-1;;;. The van der Waals surface area contributed by atoms with Crippen LogP contribution in [0.25, 0.3) is 0 Å². The Balaban J connectivity index is 0.000000490. The number of hydrogen-bond acceptors (Lipinski definition) is 2. The molecule has 0 radical (unpaired) electrons. The second kappa shape index (κ2) is 15.7. The molecule has 2 aromatic carbocycles. The number of allylic oxidation sites excluding steroid dienone is 8. The van der Waals surface area contributed by atoms with E-state index in [0.717, 1.165) is 0 Å². The van der Waals surface area contributed by atoms with Crippen molar-refractivity contribution in [1.82, 2.24) is 0 Å². The Bertz CT molecular complexity index is 1150. The van der Waals surface area contributed by atoms with Crippen LogP contribution in [-0.4, -0.2) is 22.2 Å². The van der Waals surface area contributed by atoms with Gasteiger partial charge in [-0.3, -0.25) is 12.2 Å². The van der Waals surface area contributed by atoms with Gasteiger partial charge in [0, 0.05) is 25.8 Å². The molecule has 0 atom stereocenters. The molecule has 39 heavy (non-hydrogen) atoms. The Morgan fingerprint density at radius 2 is 0.821 bits per heavy atom. The zero-order valence-corrected chi connectivity index (χ0v) is 28.6. The molecule has 0 unspecified atom stereocenters. The molecule has 2 aromatic rings. The van der Waals surface area contributed by atoms with E-state index in [2.05, 4.69) is 81.4 Å². The summed E-state index contributed by atoms with van der Waals surface area (Å²) in [6.07, 6.45) is 6.87. The first-order valence-corrected chi connectivity index (χ1v) is 12.7. The van der Waals surface area contributed by atoms with E-state index in [0.29, 0.717) is 11.1 Å². The number of carboxylic acid groups (broad SMARTS) is 2. The molecule has 0 saturated heterocycles. The molecule has 4 nitrogen and oxygen atoms in total. The predicted octanol–water partition coefficient (Wildman–Crippen LogP) is 8.99. The Morgan fingerprint density at radius 1 is 0.564 bits per heavy atom. The van der Waals surface area contributed by atoms with Gasteiger partial charge < -0.3 is 10.2 Å². The van der Waals surface area contributed by atoms with Gasteiger partial charge in [0.2, 0.25) is 0 Å². The van der Waals surface area contributed by atoms with Gasteiger partial charge in [0.25, 0.3) is 0 Å². The third-order valence-electron chi connectivity index (χ3n) is 7.17. The van der Waals surface area contributed by atoms with Gasteiger partial charge in [0.15, 0.2) is 0 Å². The van der Waals surface area contributed by atoms with E-state index in [1.54, 1.807) is 60.7 Å². The first kappa shape index (κ1) is 36.2. The summed E-state index contributed by atoms with van der Waals surface area (Å²) in [4.78, 5) is 20.4. The molecule has 0 aliphatic heterocycles. The first-order valence-electron chi connectivity index (χ1n) is 12.7. The molecule has 0 heterocycles. The molecule has 4 rings (SSSR count). The van der Waals surface area contributed by atoms with Gasteiger partial charge in [-0.05, 0) is 24.3 Å². The summed E-state index contributed by atoms with van der Waals surface area (Å²) in [5.41, 5.74) is 9.45. The fourth-order valence-corrected chi connectivity index (χ4v) is 3.97. The van der Waals surface area contributed by atoms with Crippen LogP contribution < -0.4 is 0 Å². The molecule has 0 saturated carbocycles. The molecule has 0 bridgehead atoms. The molecule has 0 amide bonds. The fraction of sp³-hybridized carbons (Fsp3) is 0.353. The predicted molar refractivity (Wildman–Crippen MR) is 156 cm³/mol. The number of benzene rings is 2. The minimum absolute atomic E-state index is 0. The topological polar surface area (TPSA) is 74.6 Å². The summed E-state index contributed by atoms with van der Waals surface area (Å²) in [6, 6.07) is 16.6. The van der Waals surface area contributed by atoms with Gasteiger partial charge in [-0.25, -0.2) is 20.7 Å².